The molecule has 0 saturated carbocycles. The second-order valence-corrected chi connectivity index (χ2v) is 8.32. The molecule has 0 unspecified atom stereocenters. The van der Waals surface area contributed by atoms with Crippen LogP contribution in [0.15, 0.2) is 0 Å². The maximum absolute atomic E-state index is 8.54. The monoisotopic (exact) mass is 150 g/mol. The van der Waals surface area contributed by atoms with Crippen LogP contribution in [0.25, 0.3) is 0 Å². The van der Waals surface area contributed by atoms with Crippen molar-refractivity contribution in [3.8, 4) is 0 Å². The fraction of sp³-hybridized carbons (Fsp3) is 0.800. The second-order valence-electron chi connectivity index (χ2n) is 2.77. The van der Waals surface area contributed by atoms with Gasteiger partial charge in [-0.2, -0.15) is 0 Å². The zero-order valence-electron chi connectivity index (χ0n) is 5.80. The van der Waals surface area contributed by atoms with Gasteiger partial charge < -0.3 is 8.86 Å². The lowest BCUT2D eigenvalue weighted by Crippen LogP contribution is -1.74. The summed E-state index contributed by atoms with van der Waals surface area (Å²) in [6.45, 7) is 9.19. The summed E-state index contributed by atoms with van der Waals surface area (Å²) in [5, 5.41) is 0. The third kappa shape index (κ3) is 1850. The van der Waals surface area contributed by atoms with E-state index in [1.165, 1.54) is 5.66 Å². The molecule has 48 valence electrons. The molecule has 0 aliphatic carbocycles. The number of hydrogen-bond donors (Lipinski definition) is 0. The van der Waals surface area contributed by atoms with Gasteiger partial charge in [0.15, 0.2) is 0 Å². The van der Waals surface area contributed by atoms with Gasteiger partial charge in [-0.1, -0.05) is 0 Å². The average molecular weight is 150 g/mol. The molecule has 3 heteroatoms. The molecule has 1 nitrogen and oxygen atoms in total. The Morgan fingerprint density at radius 1 is 1.25 bits per heavy atom. The van der Waals surface area contributed by atoms with Crippen LogP contribution in [-0.2, 0) is 4.79 Å². The van der Waals surface area contributed by atoms with Crippen molar-refractivity contribution in [3.05, 3.63) is 0 Å². The van der Waals surface area contributed by atoms with Gasteiger partial charge in [-0.25, -0.2) is 0 Å². The normalized spacial score (nSPS) is 8.50. The van der Waals surface area contributed by atoms with Gasteiger partial charge in [0.2, 0.25) is 0 Å². The first-order valence-electron chi connectivity index (χ1n) is 2.22. The lowest BCUT2D eigenvalue weighted by molar-refractivity contribution is 0.572. The van der Waals surface area contributed by atoms with Crippen LogP contribution in [0.4, 0.5) is 0 Å². The molecule has 0 atom stereocenters. The van der Waals surface area contributed by atoms with Crippen molar-refractivity contribution in [2.24, 2.45) is 0 Å². The lowest BCUT2D eigenvalue weighted by atomic mass is 11.8. The van der Waals surface area contributed by atoms with Gasteiger partial charge in [0.1, 0.15) is 0 Å². The van der Waals surface area contributed by atoms with Crippen molar-refractivity contribution in [3.63, 3.8) is 0 Å². The Balaban J connectivity index is 0. The minimum atomic E-state index is -0.389. The summed E-state index contributed by atoms with van der Waals surface area (Å²) in [7, 11) is 2.59. The molecule has 0 saturated heterocycles. The third-order valence-corrected chi connectivity index (χ3v) is 0. The Kier molecular flexibility index (Phi) is 7.59. The maximum Gasteiger partial charge on any atom is 0.0481 e. The molecule has 0 aromatic heterocycles. The van der Waals surface area contributed by atoms with E-state index < -0.39 is 0 Å². The summed E-state index contributed by atoms with van der Waals surface area (Å²) in [6.07, 6.45) is 0. The summed E-state index contributed by atoms with van der Waals surface area (Å²) in [6, 6.07) is 0. The smallest absolute Gasteiger partial charge is 0.0481 e. The molecule has 0 radical (unpaired) electrons. The molecule has 0 fully saturated rings. The molecule has 0 rings (SSSR count). The summed E-state index contributed by atoms with van der Waals surface area (Å²) >= 11 is 0. The fourth-order valence-electron chi connectivity index (χ4n) is 0. The minimum absolute atomic E-state index is 0.389. The van der Waals surface area contributed by atoms with Crippen LogP contribution in [0.2, 0.25) is 0 Å². The van der Waals surface area contributed by atoms with E-state index in [1.54, 1.807) is 0 Å². The molecular weight excluding hydrogens is 138 g/mol. The van der Waals surface area contributed by atoms with Gasteiger partial charge in [-0.3, -0.25) is 4.79 Å². The Hall–Kier alpha value is 0.310. The van der Waals surface area contributed by atoms with E-state index >= 15 is 0 Å². The van der Waals surface area contributed by atoms with Crippen molar-refractivity contribution in [1.29, 1.82) is 0 Å². The molecule has 0 N–H and O–H groups in total. The van der Waals surface area contributed by atoms with E-state index in [1.807, 2.05) is 0 Å². The first-order valence-corrected chi connectivity index (χ1v) is 6.24. The van der Waals surface area contributed by atoms with E-state index in [0.717, 1.165) is 0 Å². The Morgan fingerprint density at radius 2 is 1.25 bits per heavy atom. The minimum Gasteiger partial charge on any atom is -0.623 e. The highest BCUT2D eigenvalue weighted by Gasteiger charge is 2.03. The zero-order chi connectivity index (χ0) is 7.21. The number of carbonyl (C=O) groups excluding carboxylic acids is 1. The first kappa shape index (κ1) is 11.2. The van der Waals surface area contributed by atoms with Gasteiger partial charge in [0.05, 0.1) is 0 Å². The molecule has 0 aromatic carbocycles. The predicted octanol–water partition coefficient (Wildman–Crippen LogP) is 1.99. The van der Waals surface area contributed by atoms with E-state index in [9.17, 15) is 0 Å². The summed E-state index contributed by atoms with van der Waals surface area (Å²) in [4.78, 5) is 8.54. The van der Waals surface area contributed by atoms with E-state index in [-0.39, 0.29) is 7.26 Å². The summed E-state index contributed by atoms with van der Waals surface area (Å²) in [5.74, 6) is 0. The Morgan fingerprint density at radius 3 is 1.25 bits per heavy atom. The molecule has 0 aliphatic rings. The highest BCUT2D eigenvalue weighted by atomic mass is 31.2. The highest BCUT2D eigenvalue weighted by Crippen LogP contribution is 2.40. The van der Waals surface area contributed by atoms with Crippen molar-refractivity contribution >= 4 is 21.8 Å². The van der Waals surface area contributed by atoms with Crippen LogP contribution >= 0.6 is 16.1 Å². The maximum atomic E-state index is 8.54. The van der Waals surface area contributed by atoms with Gasteiger partial charge in [0, 0.05) is 33.9 Å². The predicted molar refractivity (Wildman–Crippen MR) is 43.2 cm³/mol. The number of rotatable bonds is 0. The largest absolute Gasteiger partial charge is 0.623 e. The zero-order valence-corrected chi connectivity index (χ0v) is 7.59. The van der Waals surface area contributed by atoms with E-state index in [0.29, 0.717) is 0 Å². The van der Waals surface area contributed by atoms with Crippen molar-refractivity contribution in [1.82, 2.24) is 0 Å². The summed E-state index contributed by atoms with van der Waals surface area (Å²) < 4.78 is 0. The molecule has 0 bridgehead atoms. The highest BCUT2D eigenvalue weighted by molar-refractivity contribution is 7.73. The van der Waals surface area contributed by atoms with Gasteiger partial charge in [0.25, 0.3) is 0 Å². The molecule has 8 heavy (non-hydrogen) atoms. The topological polar surface area (TPSA) is 17.1 Å². The quantitative estimate of drug-likeness (QED) is 0.482. The van der Waals surface area contributed by atoms with Crippen LogP contribution in [0.1, 0.15) is 0 Å². The van der Waals surface area contributed by atoms with Crippen LogP contribution in [0.3, 0.4) is 0 Å². The molecular formula is C5H12OP2. The Labute approximate surface area is 54.0 Å². The molecule has 0 aromatic rings. The van der Waals surface area contributed by atoms with Crippen molar-refractivity contribution in [2.75, 3.05) is 26.7 Å². The van der Waals surface area contributed by atoms with Crippen LogP contribution in [0.5, 0.6) is 0 Å². The first-order chi connectivity index (χ1) is 3.41. The SMILES string of the molecule is C[P+](C)(C)C.O=C=[P-]. The van der Waals surface area contributed by atoms with Crippen LogP contribution in [0, 0.1) is 0 Å². The number of hydrogen-bond acceptors (Lipinski definition) is 1. The van der Waals surface area contributed by atoms with Gasteiger partial charge in [-0.15, -0.1) is 5.66 Å². The molecule has 0 aliphatic heterocycles. The van der Waals surface area contributed by atoms with Crippen LogP contribution in [-0.4, -0.2) is 32.3 Å². The fourth-order valence-corrected chi connectivity index (χ4v) is 0. The van der Waals surface area contributed by atoms with Gasteiger partial charge >= 0.3 is 0 Å². The average Bonchev–Trinajstić information content (AvgIpc) is 1.27. The molecule has 0 heterocycles. The Bertz CT molecular complexity index is 70.9. The van der Waals surface area contributed by atoms with Gasteiger partial charge in [-0.05, 0) is 0 Å². The standard InChI is InChI=1S/C4H12P.COP/c1-5(2,3)4;2-1-3/h1-4H3;/q+1;-1. The lowest BCUT2D eigenvalue weighted by Gasteiger charge is -1.97. The molecule has 0 amide bonds. The van der Waals surface area contributed by atoms with Crippen molar-refractivity contribution in [2.45, 2.75) is 0 Å². The van der Waals surface area contributed by atoms with Crippen LogP contribution < -0.4 is 0 Å². The molecule has 0 spiro atoms. The van der Waals surface area contributed by atoms with E-state index in [4.69, 9.17) is 4.79 Å². The van der Waals surface area contributed by atoms with Crippen molar-refractivity contribution < 1.29 is 4.79 Å². The second kappa shape index (κ2) is 5.45. The van der Waals surface area contributed by atoms with E-state index in [2.05, 4.69) is 35.5 Å². The summed E-state index contributed by atoms with van der Waals surface area (Å²) in [5.41, 5.74) is 1.19. The third-order valence-electron chi connectivity index (χ3n) is 0.